The number of carbonyl (C=O) groups excluding carboxylic acids is 4. The first-order chi connectivity index (χ1) is 40.7. The summed E-state index contributed by atoms with van der Waals surface area (Å²) in [6.45, 7) is 8.79. The smallest absolute Gasteiger partial charge is 0.550 e. The van der Waals surface area contributed by atoms with Gasteiger partial charge in [-0.3, -0.25) is 0 Å². The number of aliphatic hydroxyl groups excluding tert-OH is 4. The maximum absolute atomic E-state index is 10.2. The molecular formula is C72H132CaO12Zn. The zero-order valence-electron chi connectivity index (χ0n) is 56.2. The minimum absolute atomic E-state index is 0. The summed E-state index contributed by atoms with van der Waals surface area (Å²) in [5.74, 6) is -3.75. The van der Waals surface area contributed by atoms with Gasteiger partial charge in [-0.2, -0.15) is 0 Å². The van der Waals surface area contributed by atoms with Gasteiger partial charge in [-0.25, -0.2) is 0 Å². The Morgan fingerprint density at radius 3 is 0.605 bits per heavy atom. The van der Waals surface area contributed by atoms with E-state index in [4.69, 9.17) is 0 Å². The Kier molecular flexibility index (Phi) is 93.0. The Hall–Kier alpha value is -1.44. The number of hydrogen-bond donors (Lipinski definition) is 4. The van der Waals surface area contributed by atoms with Crippen molar-refractivity contribution in [1.82, 2.24) is 0 Å². The average Bonchev–Trinajstić information content (AvgIpc) is 3.45. The number of rotatable bonds is 60. The van der Waals surface area contributed by atoms with E-state index in [-0.39, 0.29) is 107 Å². The molecule has 0 aliphatic carbocycles. The van der Waals surface area contributed by atoms with E-state index in [1.807, 2.05) is 0 Å². The molecule has 4 N–H and O–H groups in total. The zero-order chi connectivity index (χ0) is 63.0. The van der Waals surface area contributed by atoms with Crippen LogP contribution in [0.1, 0.15) is 362 Å². The van der Waals surface area contributed by atoms with Crippen molar-refractivity contribution in [2.45, 2.75) is 386 Å². The van der Waals surface area contributed by atoms with Gasteiger partial charge in [-0.15, -0.1) is 0 Å². The maximum atomic E-state index is 10.2. The molecule has 0 spiro atoms. The fourth-order valence-electron chi connectivity index (χ4n) is 9.43. The van der Waals surface area contributed by atoms with Gasteiger partial charge in [0.15, 0.2) is 0 Å². The largest absolute Gasteiger partial charge is 2.00 e. The quantitative estimate of drug-likeness (QED) is 0.0253. The fraction of sp³-hybridized carbons (Fsp3) is 0.833. The Labute approximate surface area is 571 Å². The van der Waals surface area contributed by atoms with Gasteiger partial charge < -0.3 is 60.0 Å². The monoisotopic (exact) mass is 1290 g/mol. The molecule has 0 saturated carbocycles. The summed E-state index contributed by atoms with van der Waals surface area (Å²) in [6.07, 6.45) is 68.1. The topological polar surface area (TPSA) is 241 Å². The minimum atomic E-state index is -0.939. The molecule has 0 saturated heterocycles. The number of allylic oxidation sites excluding steroid dienone is 4. The molecule has 0 aromatic carbocycles. The van der Waals surface area contributed by atoms with Crippen molar-refractivity contribution in [3.05, 3.63) is 48.6 Å². The Morgan fingerprint density at radius 1 is 0.267 bits per heavy atom. The van der Waals surface area contributed by atoms with Crippen LogP contribution in [0.25, 0.3) is 0 Å². The van der Waals surface area contributed by atoms with Crippen LogP contribution in [0.2, 0.25) is 0 Å². The molecule has 496 valence electrons. The average molecular weight is 1300 g/mol. The van der Waals surface area contributed by atoms with Crippen molar-refractivity contribution in [2.24, 2.45) is 0 Å². The Balaban J connectivity index is -0.000000246. The summed E-state index contributed by atoms with van der Waals surface area (Å²) in [6, 6.07) is 0. The molecule has 0 aromatic rings. The predicted octanol–water partition coefficient (Wildman–Crippen LogP) is 14.6. The number of hydrogen-bond acceptors (Lipinski definition) is 12. The van der Waals surface area contributed by atoms with Gasteiger partial charge in [-0.1, -0.05) is 256 Å². The van der Waals surface area contributed by atoms with E-state index in [2.05, 4.69) is 76.3 Å². The Morgan fingerprint density at radius 2 is 0.430 bits per heavy atom. The molecule has 0 bridgehead atoms. The summed E-state index contributed by atoms with van der Waals surface area (Å²) in [5, 5.41) is 80.0. The van der Waals surface area contributed by atoms with Crippen molar-refractivity contribution in [2.75, 3.05) is 0 Å². The molecule has 0 heterocycles. The SMILES string of the molecule is CCCCCCC(O)C/C=C\CCCCCCCC(=O)[O-].CCCCCCC(O)C/C=C\CCCCCCCC(=O)[O-].CCCCCCC(O)C/C=C\CCCCCCCC(=O)[O-].CCCCCCC(O)C/C=C\CCCCCCCC(=O)[O-].[Ca+2].[Zn+2]. The van der Waals surface area contributed by atoms with Crippen molar-refractivity contribution >= 4 is 61.6 Å². The van der Waals surface area contributed by atoms with E-state index in [0.29, 0.717) is 0 Å². The van der Waals surface area contributed by atoms with E-state index in [1.165, 1.54) is 77.0 Å². The fourth-order valence-corrected chi connectivity index (χ4v) is 9.43. The first-order valence-electron chi connectivity index (χ1n) is 34.8. The van der Waals surface area contributed by atoms with Crippen LogP contribution >= 0.6 is 0 Å². The summed E-state index contributed by atoms with van der Waals surface area (Å²) >= 11 is 0. The summed E-state index contributed by atoms with van der Waals surface area (Å²) in [5.41, 5.74) is 0. The van der Waals surface area contributed by atoms with Crippen LogP contribution in [0.3, 0.4) is 0 Å². The molecule has 86 heavy (non-hydrogen) atoms. The van der Waals surface area contributed by atoms with Crippen LogP contribution in [0, 0.1) is 0 Å². The molecule has 0 fully saturated rings. The zero-order valence-corrected chi connectivity index (χ0v) is 61.3. The van der Waals surface area contributed by atoms with E-state index in [0.717, 1.165) is 231 Å². The van der Waals surface area contributed by atoms with Crippen LogP contribution < -0.4 is 20.4 Å². The van der Waals surface area contributed by atoms with Crippen LogP contribution in [-0.4, -0.2) is 106 Å². The molecule has 0 amide bonds. The van der Waals surface area contributed by atoms with Gasteiger partial charge in [-0.05, 0) is 154 Å². The van der Waals surface area contributed by atoms with Crippen LogP contribution in [0.4, 0.5) is 0 Å². The standard InChI is InChI=1S/4C18H34O3.Ca.Zn/c4*1-2-3-4-11-14-17(19)15-12-9-7-5-6-8-10-13-16-18(20)21;;/h4*9,12,17,19H,2-8,10-11,13-16H2,1H3,(H,20,21);;/q;;;;2*+2/p-4/b4*12-9-;;. The molecule has 0 aliphatic heterocycles. The molecule has 0 radical (unpaired) electrons. The summed E-state index contributed by atoms with van der Waals surface area (Å²) in [7, 11) is 0. The molecule has 4 unspecified atom stereocenters. The third-order valence-corrected chi connectivity index (χ3v) is 14.9. The van der Waals surface area contributed by atoms with E-state index in [9.17, 15) is 60.0 Å². The van der Waals surface area contributed by atoms with Crippen molar-refractivity contribution < 1.29 is 79.5 Å². The first kappa shape index (κ1) is 95.7. The number of aliphatic carboxylic acids is 4. The van der Waals surface area contributed by atoms with Crippen LogP contribution in [0.15, 0.2) is 48.6 Å². The molecule has 0 aromatic heterocycles. The van der Waals surface area contributed by atoms with Gasteiger partial charge in [0.2, 0.25) is 0 Å². The van der Waals surface area contributed by atoms with Crippen LogP contribution in [0.5, 0.6) is 0 Å². The number of carboxylic acid groups (broad SMARTS) is 4. The van der Waals surface area contributed by atoms with E-state index < -0.39 is 23.9 Å². The van der Waals surface area contributed by atoms with Gasteiger partial charge in [0.1, 0.15) is 0 Å². The van der Waals surface area contributed by atoms with Gasteiger partial charge in [0, 0.05) is 23.9 Å². The molecule has 0 rings (SSSR count). The molecule has 0 aliphatic rings. The second-order valence-corrected chi connectivity index (χ2v) is 23.6. The van der Waals surface area contributed by atoms with Crippen molar-refractivity contribution in [3.8, 4) is 0 Å². The summed E-state index contributed by atoms with van der Waals surface area (Å²) in [4.78, 5) is 40.9. The molecule has 12 nitrogen and oxygen atoms in total. The van der Waals surface area contributed by atoms with Gasteiger partial charge in [0.25, 0.3) is 0 Å². The van der Waals surface area contributed by atoms with E-state index in [1.54, 1.807) is 0 Å². The minimum Gasteiger partial charge on any atom is -0.550 e. The molecule has 14 heteroatoms. The number of carboxylic acids is 4. The second kappa shape index (κ2) is 83.6. The predicted molar refractivity (Wildman–Crippen MR) is 349 cm³/mol. The van der Waals surface area contributed by atoms with Crippen molar-refractivity contribution in [1.29, 1.82) is 0 Å². The van der Waals surface area contributed by atoms with Gasteiger partial charge in [0.05, 0.1) is 24.4 Å². The number of aliphatic hydroxyl groups is 4. The van der Waals surface area contributed by atoms with Crippen LogP contribution in [-0.2, 0) is 38.7 Å². The number of unbranched alkanes of at least 4 members (excludes halogenated alkanes) is 32. The first-order valence-corrected chi connectivity index (χ1v) is 34.8. The normalized spacial score (nSPS) is 12.6. The van der Waals surface area contributed by atoms with Crippen molar-refractivity contribution in [3.63, 3.8) is 0 Å². The van der Waals surface area contributed by atoms with Gasteiger partial charge >= 0.3 is 57.2 Å². The summed E-state index contributed by atoms with van der Waals surface area (Å²) < 4.78 is 0. The number of carbonyl (C=O) groups is 4. The maximum Gasteiger partial charge on any atom is 2.00 e. The molecular weight excluding hydrogens is 1160 g/mol. The van der Waals surface area contributed by atoms with E-state index >= 15 is 0 Å². The third-order valence-electron chi connectivity index (χ3n) is 14.9. The Bertz CT molecular complexity index is 1280. The second-order valence-electron chi connectivity index (χ2n) is 23.6. The molecule has 4 atom stereocenters. The third kappa shape index (κ3) is 98.8.